The van der Waals surface area contributed by atoms with E-state index in [-0.39, 0.29) is 0 Å². The Kier molecular flexibility index (Phi) is 18.2. The maximum absolute atomic E-state index is 2.55. The third-order valence-corrected chi connectivity index (χ3v) is 8.20. The van der Waals surface area contributed by atoms with Gasteiger partial charge in [-0.25, -0.2) is 0 Å². The summed E-state index contributed by atoms with van der Waals surface area (Å²) < 4.78 is 0. The summed E-state index contributed by atoms with van der Waals surface area (Å²) >= 11 is 0. The first-order chi connectivity index (χ1) is 15.1. The molecular formula is C30H61N. The van der Waals surface area contributed by atoms with Crippen LogP contribution in [0.5, 0.6) is 0 Å². The van der Waals surface area contributed by atoms with Crippen molar-refractivity contribution in [2.75, 3.05) is 14.1 Å². The topological polar surface area (TPSA) is 3.24 Å². The number of hydrogen-bond donors (Lipinski definition) is 0. The molecule has 0 aliphatic heterocycles. The van der Waals surface area contributed by atoms with Crippen molar-refractivity contribution in [3.8, 4) is 0 Å². The van der Waals surface area contributed by atoms with Gasteiger partial charge in [0, 0.05) is 6.04 Å². The van der Waals surface area contributed by atoms with Gasteiger partial charge in [-0.05, 0) is 51.1 Å². The summed E-state index contributed by atoms with van der Waals surface area (Å²) in [7, 11) is 4.59. The molecule has 1 fully saturated rings. The molecule has 4 atom stereocenters. The van der Waals surface area contributed by atoms with Crippen LogP contribution in [0.2, 0.25) is 0 Å². The van der Waals surface area contributed by atoms with Crippen molar-refractivity contribution >= 4 is 0 Å². The largest absolute Gasteiger partial charge is 0.306 e. The molecule has 0 spiro atoms. The number of unbranched alkanes of at least 4 members (excludes halogenated alkanes) is 13. The van der Waals surface area contributed by atoms with E-state index in [1.807, 2.05) is 0 Å². The van der Waals surface area contributed by atoms with Crippen molar-refractivity contribution < 1.29 is 0 Å². The van der Waals surface area contributed by atoms with Gasteiger partial charge in [-0.2, -0.15) is 0 Å². The molecule has 1 saturated carbocycles. The highest BCUT2D eigenvalue weighted by molar-refractivity contribution is 4.89. The van der Waals surface area contributed by atoms with Gasteiger partial charge >= 0.3 is 0 Å². The van der Waals surface area contributed by atoms with Gasteiger partial charge in [-0.15, -0.1) is 0 Å². The number of hydrogen-bond acceptors (Lipinski definition) is 1. The Hall–Kier alpha value is -0.0400. The van der Waals surface area contributed by atoms with Crippen molar-refractivity contribution in [3.05, 3.63) is 0 Å². The fraction of sp³-hybridized carbons (Fsp3) is 1.00. The lowest BCUT2D eigenvalue weighted by Crippen LogP contribution is -2.27. The maximum atomic E-state index is 2.55. The van der Waals surface area contributed by atoms with E-state index in [0.717, 1.165) is 23.8 Å². The van der Waals surface area contributed by atoms with Gasteiger partial charge in [0.15, 0.2) is 0 Å². The van der Waals surface area contributed by atoms with Gasteiger partial charge in [0.2, 0.25) is 0 Å². The summed E-state index contributed by atoms with van der Waals surface area (Å²) in [5.41, 5.74) is 0. The summed E-state index contributed by atoms with van der Waals surface area (Å²) in [6.45, 7) is 7.17. The molecule has 2 unspecified atom stereocenters. The van der Waals surface area contributed by atoms with Crippen LogP contribution in [0.15, 0.2) is 0 Å². The minimum absolute atomic E-state index is 0.818. The zero-order valence-electron chi connectivity index (χ0n) is 22.6. The summed E-state index contributed by atoms with van der Waals surface area (Å²) in [4.78, 5) is 2.50. The predicted octanol–water partition coefficient (Wildman–Crippen LogP) is 10.0. The molecule has 0 amide bonds. The number of nitrogens with zero attached hydrogens (tertiary/aromatic N) is 1. The van der Waals surface area contributed by atoms with Gasteiger partial charge < -0.3 is 4.90 Å². The maximum Gasteiger partial charge on any atom is 0.00891 e. The van der Waals surface area contributed by atoms with Gasteiger partial charge in [0.1, 0.15) is 0 Å². The van der Waals surface area contributed by atoms with E-state index < -0.39 is 0 Å². The van der Waals surface area contributed by atoms with Crippen molar-refractivity contribution in [2.45, 2.75) is 162 Å². The lowest BCUT2D eigenvalue weighted by atomic mass is 9.94. The van der Waals surface area contributed by atoms with Gasteiger partial charge in [0.25, 0.3) is 0 Å². The van der Waals surface area contributed by atoms with Crippen LogP contribution in [0.25, 0.3) is 0 Å². The monoisotopic (exact) mass is 435 g/mol. The quantitative estimate of drug-likeness (QED) is 0.144. The molecule has 1 heteroatoms. The molecule has 0 N–H and O–H groups in total. The molecule has 1 aliphatic rings. The van der Waals surface area contributed by atoms with Gasteiger partial charge in [-0.1, -0.05) is 136 Å². The van der Waals surface area contributed by atoms with E-state index in [1.54, 1.807) is 6.42 Å². The SMILES string of the molecule is CCCCCCCCC[C@@H](CCCCCC(C)C1C[C@H]1CCCCCCCC)N(C)C. The molecule has 0 saturated heterocycles. The molecular weight excluding hydrogens is 374 g/mol. The Balaban J connectivity index is 1.98. The third-order valence-electron chi connectivity index (χ3n) is 8.20. The highest BCUT2D eigenvalue weighted by Crippen LogP contribution is 2.48. The first-order valence-corrected chi connectivity index (χ1v) is 14.8. The summed E-state index contributed by atoms with van der Waals surface area (Å²) in [5.74, 6) is 3.17. The lowest BCUT2D eigenvalue weighted by Gasteiger charge is -2.24. The van der Waals surface area contributed by atoms with E-state index in [9.17, 15) is 0 Å². The van der Waals surface area contributed by atoms with Crippen LogP contribution in [0.4, 0.5) is 0 Å². The van der Waals surface area contributed by atoms with E-state index in [2.05, 4.69) is 39.8 Å². The molecule has 0 aromatic rings. The van der Waals surface area contributed by atoms with Crippen LogP contribution in [-0.4, -0.2) is 25.0 Å². The molecule has 31 heavy (non-hydrogen) atoms. The summed E-state index contributed by atoms with van der Waals surface area (Å²) in [6, 6.07) is 0.818. The van der Waals surface area contributed by atoms with Crippen LogP contribution in [0.1, 0.15) is 156 Å². The number of rotatable bonds is 23. The first kappa shape index (κ1) is 29.0. The average molecular weight is 436 g/mol. The fourth-order valence-electron chi connectivity index (χ4n) is 5.72. The second-order valence-electron chi connectivity index (χ2n) is 11.4. The summed E-state index contributed by atoms with van der Waals surface area (Å²) in [6.07, 6.45) is 30.6. The molecule has 1 nitrogen and oxygen atoms in total. The van der Waals surface area contributed by atoms with Crippen molar-refractivity contribution in [2.24, 2.45) is 17.8 Å². The Morgan fingerprint density at radius 2 is 1.06 bits per heavy atom. The molecule has 0 bridgehead atoms. The molecule has 0 radical (unpaired) electrons. The van der Waals surface area contributed by atoms with Gasteiger partial charge in [-0.3, -0.25) is 0 Å². The van der Waals surface area contributed by atoms with Crippen LogP contribution < -0.4 is 0 Å². The van der Waals surface area contributed by atoms with E-state index in [1.165, 1.54) is 128 Å². The predicted molar refractivity (Wildman–Crippen MR) is 142 cm³/mol. The van der Waals surface area contributed by atoms with Crippen LogP contribution in [0, 0.1) is 17.8 Å². The highest BCUT2D eigenvalue weighted by atomic mass is 15.1. The Bertz CT molecular complexity index is 377. The molecule has 1 rings (SSSR count). The van der Waals surface area contributed by atoms with E-state index in [4.69, 9.17) is 0 Å². The van der Waals surface area contributed by atoms with Crippen molar-refractivity contribution in [1.82, 2.24) is 4.90 Å². The Labute approximate surface area is 198 Å². The summed E-state index contributed by atoms with van der Waals surface area (Å²) in [5, 5.41) is 0. The molecule has 1 aliphatic carbocycles. The second-order valence-corrected chi connectivity index (χ2v) is 11.4. The average Bonchev–Trinajstić information content (AvgIpc) is 3.53. The highest BCUT2D eigenvalue weighted by Gasteiger charge is 2.39. The van der Waals surface area contributed by atoms with Crippen molar-refractivity contribution in [1.29, 1.82) is 0 Å². The Morgan fingerprint density at radius 3 is 1.61 bits per heavy atom. The standard InChI is InChI=1S/C30H61N/c1-6-8-10-12-14-16-20-24-29(31(4)5)25-21-17-18-22-27(3)30-26-28(30)23-19-15-13-11-9-7-2/h27-30H,6-26H2,1-5H3/t27?,28-,29+,30?/m1/s1. The molecule has 0 aromatic carbocycles. The first-order valence-electron chi connectivity index (χ1n) is 14.8. The molecule has 186 valence electrons. The van der Waals surface area contributed by atoms with Crippen LogP contribution in [0.3, 0.4) is 0 Å². The van der Waals surface area contributed by atoms with E-state index in [0.29, 0.717) is 0 Å². The fourth-order valence-corrected chi connectivity index (χ4v) is 5.72. The zero-order valence-corrected chi connectivity index (χ0v) is 22.6. The second kappa shape index (κ2) is 19.4. The Morgan fingerprint density at radius 1 is 0.613 bits per heavy atom. The smallest absolute Gasteiger partial charge is 0.00891 e. The third kappa shape index (κ3) is 15.4. The molecule has 0 heterocycles. The van der Waals surface area contributed by atoms with Gasteiger partial charge in [0.05, 0.1) is 0 Å². The molecule has 0 aromatic heterocycles. The van der Waals surface area contributed by atoms with Crippen molar-refractivity contribution in [3.63, 3.8) is 0 Å². The van der Waals surface area contributed by atoms with Crippen LogP contribution in [-0.2, 0) is 0 Å². The van der Waals surface area contributed by atoms with E-state index >= 15 is 0 Å². The lowest BCUT2D eigenvalue weighted by molar-refractivity contribution is 0.250. The minimum atomic E-state index is 0.818. The minimum Gasteiger partial charge on any atom is -0.306 e. The normalized spacial score (nSPS) is 20.3. The van der Waals surface area contributed by atoms with Crippen LogP contribution >= 0.6 is 0 Å². The zero-order chi connectivity index (χ0) is 22.7.